The van der Waals surface area contributed by atoms with Gasteiger partial charge in [0.1, 0.15) is 5.82 Å². The van der Waals surface area contributed by atoms with Crippen molar-refractivity contribution in [3.8, 4) is 0 Å². The van der Waals surface area contributed by atoms with Gasteiger partial charge in [0.2, 0.25) is 0 Å². The third kappa shape index (κ3) is 3.67. The van der Waals surface area contributed by atoms with Crippen molar-refractivity contribution in [2.24, 2.45) is 13.0 Å². The van der Waals surface area contributed by atoms with Crippen molar-refractivity contribution in [3.05, 3.63) is 18.2 Å². The quantitative estimate of drug-likeness (QED) is 0.803. The molecule has 1 aromatic heterocycles. The van der Waals surface area contributed by atoms with Crippen LogP contribution in [-0.4, -0.2) is 21.6 Å². The molecule has 1 rings (SSSR count). The summed E-state index contributed by atoms with van der Waals surface area (Å²) in [4.78, 5) is 4.35. The van der Waals surface area contributed by atoms with Crippen LogP contribution in [0.2, 0.25) is 0 Å². The Kier molecular flexibility index (Phi) is 4.33. The first-order valence-corrected chi connectivity index (χ1v) is 5.73. The van der Waals surface area contributed by atoms with Crippen molar-refractivity contribution in [2.45, 2.75) is 46.2 Å². The summed E-state index contributed by atoms with van der Waals surface area (Å²) < 4.78 is 2.10. The molecule has 2 atom stereocenters. The minimum absolute atomic E-state index is 0.529. The molecule has 0 saturated heterocycles. The van der Waals surface area contributed by atoms with Gasteiger partial charge in [-0.3, -0.25) is 0 Å². The Bertz CT molecular complexity index is 291. The van der Waals surface area contributed by atoms with E-state index in [-0.39, 0.29) is 0 Å². The normalized spacial score (nSPS) is 15.6. The first-order valence-electron chi connectivity index (χ1n) is 5.73. The van der Waals surface area contributed by atoms with Gasteiger partial charge in [0, 0.05) is 37.9 Å². The number of rotatable bonds is 5. The molecule has 1 heterocycles. The lowest BCUT2D eigenvalue weighted by atomic mass is 9.99. The second-order valence-electron chi connectivity index (χ2n) is 4.75. The van der Waals surface area contributed by atoms with Gasteiger partial charge in [0.05, 0.1) is 0 Å². The van der Waals surface area contributed by atoms with Crippen LogP contribution in [0.1, 0.15) is 33.5 Å². The Morgan fingerprint density at radius 3 is 2.47 bits per heavy atom. The second-order valence-corrected chi connectivity index (χ2v) is 4.75. The Morgan fingerprint density at radius 1 is 1.33 bits per heavy atom. The van der Waals surface area contributed by atoms with E-state index in [0.29, 0.717) is 18.0 Å². The standard InChI is InChI=1S/C12H23N3/c1-9(2)14-11(4)10(3)8-12-13-6-7-15(12)5/h6-7,9-11,14H,8H2,1-5H3. The smallest absolute Gasteiger partial charge is 0.108 e. The zero-order chi connectivity index (χ0) is 11.4. The van der Waals surface area contributed by atoms with Crippen molar-refractivity contribution < 1.29 is 0 Å². The lowest BCUT2D eigenvalue weighted by molar-refractivity contribution is 0.365. The number of hydrogen-bond acceptors (Lipinski definition) is 2. The maximum absolute atomic E-state index is 4.35. The first-order chi connectivity index (χ1) is 7.00. The Morgan fingerprint density at radius 2 is 2.00 bits per heavy atom. The zero-order valence-corrected chi connectivity index (χ0v) is 10.5. The van der Waals surface area contributed by atoms with E-state index in [1.807, 2.05) is 12.4 Å². The van der Waals surface area contributed by atoms with Crippen LogP contribution in [0.4, 0.5) is 0 Å². The summed E-state index contributed by atoms with van der Waals surface area (Å²) in [5.41, 5.74) is 0. The Hall–Kier alpha value is -0.830. The molecule has 0 aliphatic heterocycles. The molecule has 0 bridgehead atoms. The fourth-order valence-corrected chi connectivity index (χ4v) is 1.75. The van der Waals surface area contributed by atoms with Crippen LogP contribution < -0.4 is 5.32 Å². The van der Waals surface area contributed by atoms with Crippen LogP contribution in [0.3, 0.4) is 0 Å². The molecule has 0 fully saturated rings. The lowest BCUT2D eigenvalue weighted by Crippen LogP contribution is -2.38. The second kappa shape index (κ2) is 5.31. The van der Waals surface area contributed by atoms with Gasteiger partial charge < -0.3 is 9.88 Å². The molecule has 0 amide bonds. The Balaban J connectivity index is 2.48. The highest BCUT2D eigenvalue weighted by Crippen LogP contribution is 2.10. The summed E-state index contributed by atoms with van der Waals surface area (Å²) in [5.74, 6) is 1.77. The highest BCUT2D eigenvalue weighted by Gasteiger charge is 2.15. The molecule has 0 radical (unpaired) electrons. The minimum Gasteiger partial charge on any atom is -0.338 e. The molecule has 0 aliphatic rings. The van der Waals surface area contributed by atoms with Gasteiger partial charge in [-0.1, -0.05) is 20.8 Å². The predicted octanol–water partition coefficient (Wildman–Crippen LogP) is 1.99. The van der Waals surface area contributed by atoms with Crippen LogP contribution in [0.5, 0.6) is 0 Å². The lowest BCUT2D eigenvalue weighted by Gasteiger charge is -2.23. The summed E-state index contributed by atoms with van der Waals surface area (Å²) in [7, 11) is 2.05. The van der Waals surface area contributed by atoms with Crippen LogP contribution in [-0.2, 0) is 13.5 Å². The van der Waals surface area contributed by atoms with E-state index in [9.17, 15) is 0 Å². The molecule has 3 nitrogen and oxygen atoms in total. The highest BCUT2D eigenvalue weighted by atomic mass is 15.0. The monoisotopic (exact) mass is 209 g/mol. The van der Waals surface area contributed by atoms with E-state index in [0.717, 1.165) is 6.42 Å². The van der Waals surface area contributed by atoms with Gasteiger partial charge in [-0.15, -0.1) is 0 Å². The molecular formula is C12H23N3. The predicted molar refractivity (Wildman–Crippen MR) is 63.8 cm³/mol. The fourth-order valence-electron chi connectivity index (χ4n) is 1.75. The van der Waals surface area contributed by atoms with E-state index in [1.165, 1.54) is 5.82 Å². The number of aryl methyl sites for hydroxylation is 1. The molecule has 3 heteroatoms. The van der Waals surface area contributed by atoms with Gasteiger partial charge in [0.15, 0.2) is 0 Å². The van der Waals surface area contributed by atoms with E-state index >= 15 is 0 Å². The van der Waals surface area contributed by atoms with Gasteiger partial charge in [0.25, 0.3) is 0 Å². The van der Waals surface area contributed by atoms with Crippen molar-refractivity contribution in [3.63, 3.8) is 0 Å². The molecule has 2 unspecified atom stereocenters. The van der Waals surface area contributed by atoms with Crippen LogP contribution in [0, 0.1) is 5.92 Å². The van der Waals surface area contributed by atoms with E-state index in [2.05, 4.69) is 49.6 Å². The maximum atomic E-state index is 4.35. The third-order valence-corrected chi connectivity index (χ3v) is 2.88. The van der Waals surface area contributed by atoms with Crippen molar-refractivity contribution in [1.82, 2.24) is 14.9 Å². The zero-order valence-electron chi connectivity index (χ0n) is 10.5. The topological polar surface area (TPSA) is 29.9 Å². The van der Waals surface area contributed by atoms with Crippen LogP contribution in [0.25, 0.3) is 0 Å². The molecular weight excluding hydrogens is 186 g/mol. The number of nitrogens with one attached hydrogen (secondary N) is 1. The number of imidazole rings is 1. The molecule has 86 valence electrons. The summed E-state index contributed by atoms with van der Waals surface area (Å²) >= 11 is 0. The summed E-state index contributed by atoms with van der Waals surface area (Å²) in [5, 5.41) is 3.54. The van der Waals surface area contributed by atoms with Crippen LogP contribution >= 0.6 is 0 Å². The van der Waals surface area contributed by atoms with Crippen molar-refractivity contribution in [2.75, 3.05) is 0 Å². The summed E-state index contributed by atoms with van der Waals surface area (Å²) in [6.07, 6.45) is 4.90. The van der Waals surface area contributed by atoms with E-state index in [4.69, 9.17) is 0 Å². The Labute approximate surface area is 92.9 Å². The first kappa shape index (κ1) is 12.2. The number of aromatic nitrogens is 2. The van der Waals surface area contributed by atoms with Gasteiger partial charge in [-0.05, 0) is 12.8 Å². The average Bonchev–Trinajstić information content (AvgIpc) is 2.50. The molecule has 1 N–H and O–H groups in total. The van der Waals surface area contributed by atoms with E-state index in [1.54, 1.807) is 0 Å². The SMILES string of the molecule is CC(C)NC(C)C(C)Cc1nccn1C. The van der Waals surface area contributed by atoms with Gasteiger partial charge in [-0.2, -0.15) is 0 Å². The maximum Gasteiger partial charge on any atom is 0.108 e. The fraction of sp³-hybridized carbons (Fsp3) is 0.750. The molecule has 15 heavy (non-hydrogen) atoms. The van der Waals surface area contributed by atoms with Gasteiger partial charge >= 0.3 is 0 Å². The highest BCUT2D eigenvalue weighted by molar-refractivity contribution is 4.93. The number of hydrogen-bond donors (Lipinski definition) is 1. The van der Waals surface area contributed by atoms with Crippen molar-refractivity contribution in [1.29, 1.82) is 0 Å². The largest absolute Gasteiger partial charge is 0.338 e. The molecule has 0 aliphatic carbocycles. The molecule has 1 aromatic rings. The average molecular weight is 209 g/mol. The van der Waals surface area contributed by atoms with Crippen LogP contribution in [0.15, 0.2) is 12.4 Å². The summed E-state index contributed by atoms with van der Waals surface area (Å²) in [6, 6.07) is 1.07. The van der Waals surface area contributed by atoms with Gasteiger partial charge in [-0.25, -0.2) is 4.98 Å². The molecule has 0 spiro atoms. The van der Waals surface area contributed by atoms with E-state index < -0.39 is 0 Å². The number of nitrogens with zero attached hydrogens (tertiary/aromatic N) is 2. The third-order valence-electron chi connectivity index (χ3n) is 2.88. The molecule has 0 saturated carbocycles. The summed E-state index contributed by atoms with van der Waals surface area (Å²) in [6.45, 7) is 8.89. The molecule has 0 aromatic carbocycles. The minimum atomic E-state index is 0.529. The van der Waals surface area contributed by atoms with Crippen molar-refractivity contribution >= 4 is 0 Å².